The van der Waals surface area contributed by atoms with Gasteiger partial charge in [-0.3, -0.25) is 23.9 Å². The molecule has 0 radical (unpaired) electrons. The van der Waals surface area contributed by atoms with Crippen LogP contribution in [-0.2, 0) is 16.6 Å². The highest BCUT2D eigenvalue weighted by Gasteiger charge is 2.35. The van der Waals surface area contributed by atoms with Crippen molar-refractivity contribution in [1.29, 1.82) is 0 Å². The van der Waals surface area contributed by atoms with Gasteiger partial charge in [-0.1, -0.05) is 12.1 Å². The number of hydrogen-bond acceptors (Lipinski definition) is 6. The van der Waals surface area contributed by atoms with Crippen molar-refractivity contribution in [3.05, 3.63) is 75.3 Å². The van der Waals surface area contributed by atoms with Crippen molar-refractivity contribution < 1.29 is 18.7 Å². The molecular formula is C29H32FN5O4. The average Bonchev–Trinajstić information content (AvgIpc) is 3.74. The Morgan fingerprint density at radius 2 is 1.90 bits per heavy atom. The summed E-state index contributed by atoms with van der Waals surface area (Å²) in [4.78, 5) is 43.1. The summed E-state index contributed by atoms with van der Waals surface area (Å²) in [6, 6.07) is 12.1. The molecule has 0 bridgehead atoms. The highest BCUT2D eigenvalue weighted by molar-refractivity contribution is 6.09. The summed E-state index contributed by atoms with van der Waals surface area (Å²) < 4.78 is 21.5. The molecule has 0 atom stereocenters. The number of carbonyl (C=O) groups excluding carboxylic acids is 2. The predicted molar refractivity (Wildman–Crippen MR) is 149 cm³/mol. The minimum absolute atomic E-state index is 0.0637. The minimum Gasteiger partial charge on any atom is -0.378 e. The SMILES string of the molecule is Cc1ccc(Nc2c(C(=O)N(C)C3CC3)c(N(C=O)c3cccc(NC4COC4)c3)c(C)c(=O)n2C)c(F)c1. The number of carbonyl (C=O) groups is 2. The van der Waals surface area contributed by atoms with Gasteiger partial charge in [-0.25, -0.2) is 4.39 Å². The Morgan fingerprint density at radius 1 is 1.15 bits per heavy atom. The molecule has 2 fully saturated rings. The second-order valence-corrected chi connectivity index (χ2v) is 10.2. The fraction of sp³-hybridized carbons (Fsp3) is 0.345. The zero-order chi connectivity index (χ0) is 27.8. The molecule has 9 nitrogen and oxygen atoms in total. The van der Waals surface area contributed by atoms with Crippen LogP contribution in [0.25, 0.3) is 0 Å². The first-order valence-electron chi connectivity index (χ1n) is 12.9. The number of hydrogen-bond donors (Lipinski definition) is 2. The molecule has 0 unspecified atom stereocenters. The number of halogens is 1. The molecule has 1 aliphatic carbocycles. The molecular weight excluding hydrogens is 501 g/mol. The molecule has 1 aliphatic heterocycles. The van der Waals surface area contributed by atoms with E-state index in [2.05, 4.69) is 10.6 Å². The maximum absolute atomic E-state index is 14.9. The lowest BCUT2D eigenvalue weighted by molar-refractivity contribution is -0.106. The van der Waals surface area contributed by atoms with Crippen molar-refractivity contribution in [2.45, 2.75) is 38.8 Å². The van der Waals surface area contributed by atoms with E-state index in [1.807, 2.05) is 6.07 Å². The standard InChI is InChI=1S/C29H32FN5O4/c1-17-8-11-24(23(30)12-17)32-27-25(29(38)33(3)21-9-10-21)26(18(2)28(37)34(27)4)35(16-36)22-7-5-6-19(13-22)31-20-14-39-15-20/h5-8,11-13,16,20-21,31-32H,9-10,14-15H2,1-4H3. The Bertz CT molecular complexity index is 1500. The second-order valence-electron chi connectivity index (χ2n) is 10.2. The largest absolute Gasteiger partial charge is 0.378 e. The summed E-state index contributed by atoms with van der Waals surface area (Å²) in [6.07, 6.45) is 2.33. The number of aromatic nitrogens is 1. The molecule has 39 heavy (non-hydrogen) atoms. The number of anilines is 5. The van der Waals surface area contributed by atoms with Gasteiger partial charge in [0.1, 0.15) is 17.2 Å². The monoisotopic (exact) mass is 533 g/mol. The van der Waals surface area contributed by atoms with Crippen molar-refractivity contribution in [3.8, 4) is 0 Å². The van der Waals surface area contributed by atoms with E-state index in [1.165, 1.54) is 22.6 Å². The topological polar surface area (TPSA) is 95.9 Å². The predicted octanol–water partition coefficient (Wildman–Crippen LogP) is 4.22. The first kappa shape index (κ1) is 26.4. The van der Waals surface area contributed by atoms with Gasteiger partial charge in [0.2, 0.25) is 6.41 Å². The zero-order valence-corrected chi connectivity index (χ0v) is 22.5. The third-order valence-corrected chi connectivity index (χ3v) is 7.28. The van der Waals surface area contributed by atoms with Gasteiger partial charge in [0.25, 0.3) is 11.5 Å². The van der Waals surface area contributed by atoms with Gasteiger partial charge in [0.15, 0.2) is 0 Å². The highest BCUT2D eigenvalue weighted by atomic mass is 19.1. The number of nitrogens with zero attached hydrogens (tertiary/aromatic N) is 3. The summed E-state index contributed by atoms with van der Waals surface area (Å²) in [5.41, 5.74) is 2.16. The quantitative estimate of drug-likeness (QED) is 0.400. The minimum atomic E-state index is -0.524. The van der Waals surface area contributed by atoms with Gasteiger partial charge in [0, 0.05) is 31.4 Å². The molecule has 3 aromatic rings. The van der Waals surface area contributed by atoms with Gasteiger partial charge < -0.3 is 20.3 Å². The zero-order valence-electron chi connectivity index (χ0n) is 22.5. The van der Waals surface area contributed by atoms with Crippen LogP contribution in [0.15, 0.2) is 47.3 Å². The Balaban J connectivity index is 1.69. The van der Waals surface area contributed by atoms with Crippen molar-refractivity contribution in [3.63, 3.8) is 0 Å². The first-order chi connectivity index (χ1) is 18.7. The molecule has 10 heteroatoms. The van der Waals surface area contributed by atoms with Crippen molar-refractivity contribution in [2.75, 3.05) is 35.8 Å². The lowest BCUT2D eigenvalue weighted by Crippen LogP contribution is -2.40. The lowest BCUT2D eigenvalue weighted by Gasteiger charge is -2.30. The van der Waals surface area contributed by atoms with Crippen molar-refractivity contribution >= 4 is 40.9 Å². The maximum Gasteiger partial charge on any atom is 0.259 e. The Kier molecular flexibility index (Phi) is 7.14. The number of benzene rings is 2. The molecule has 1 saturated carbocycles. The van der Waals surface area contributed by atoms with Crippen LogP contribution in [0.3, 0.4) is 0 Å². The van der Waals surface area contributed by atoms with E-state index < -0.39 is 11.4 Å². The smallest absolute Gasteiger partial charge is 0.259 e. The van der Waals surface area contributed by atoms with Crippen LogP contribution in [0.4, 0.5) is 33.0 Å². The third kappa shape index (κ3) is 5.12. The van der Waals surface area contributed by atoms with Crippen LogP contribution in [0.5, 0.6) is 0 Å². The van der Waals surface area contributed by atoms with E-state index in [-0.39, 0.29) is 46.3 Å². The maximum atomic E-state index is 14.9. The summed E-state index contributed by atoms with van der Waals surface area (Å²) in [6.45, 7) is 4.54. The number of rotatable bonds is 9. The van der Waals surface area contributed by atoms with E-state index in [9.17, 15) is 18.8 Å². The van der Waals surface area contributed by atoms with Crippen LogP contribution < -0.4 is 21.1 Å². The van der Waals surface area contributed by atoms with E-state index in [0.717, 1.165) is 24.1 Å². The number of ether oxygens (including phenoxy) is 1. The highest BCUT2D eigenvalue weighted by Crippen LogP contribution is 2.38. The molecule has 2 aromatic carbocycles. The lowest BCUT2D eigenvalue weighted by atomic mass is 10.1. The Labute approximate surface area is 226 Å². The summed E-state index contributed by atoms with van der Waals surface area (Å²) in [5.74, 6) is -0.785. The number of aryl methyl sites for hydroxylation is 1. The van der Waals surface area contributed by atoms with E-state index in [4.69, 9.17) is 4.74 Å². The number of nitrogens with one attached hydrogen (secondary N) is 2. The molecule has 5 rings (SSSR count). The van der Waals surface area contributed by atoms with Crippen LogP contribution in [0.1, 0.15) is 34.3 Å². The van der Waals surface area contributed by atoms with Gasteiger partial charge in [0.05, 0.1) is 36.3 Å². The fourth-order valence-corrected chi connectivity index (χ4v) is 4.77. The van der Waals surface area contributed by atoms with Crippen molar-refractivity contribution in [1.82, 2.24) is 9.47 Å². The van der Waals surface area contributed by atoms with E-state index in [1.54, 1.807) is 56.1 Å². The van der Waals surface area contributed by atoms with Gasteiger partial charge in [-0.05, 0) is 62.6 Å². The van der Waals surface area contributed by atoms with E-state index in [0.29, 0.717) is 25.3 Å². The van der Waals surface area contributed by atoms with Crippen LogP contribution in [-0.4, -0.2) is 54.1 Å². The average molecular weight is 534 g/mol. The third-order valence-electron chi connectivity index (χ3n) is 7.28. The van der Waals surface area contributed by atoms with Crippen LogP contribution >= 0.6 is 0 Å². The van der Waals surface area contributed by atoms with Crippen LogP contribution in [0.2, 0.25) is 0 Å². The number of amides is 2. The van der Waals surface area contributed by atoms with Gasteiger partial charge in [-0.15, -0.1) is 0 Å². The second kappa shape index (κ2) is 10.5. The van der Waals surface area contributed by atoms with Crippen LogP contribution in [0, 0.1) is 19.7 Å². The molecule has 1 saturated heterocycles. The number of pyridine rings is 1. The van der Waals surface area contributed by atoms with Crippen molar-refractivity contribution in [2.24, 2.45) is 7.05 Å². The Hall–Kier alpha value is -4.18. The molecule has 1 aromatic heterocycles. The van der Waals surface area contributed by atoms with E-state index >= 15 is 0 Å². The summed E-state index contributed by atoms with van der Waals surface area (Å²) >= 11 is 0. The first-order valence-corrected chi connectivity index (χ1v) is 12.9. The molecule has 2 aliphatic rings. The van der Waals surface area contributed by atoms with Gasteiger partial charge in [-0.2, -0.15) is 0 Å². The molecule has 2 amide bonds. The molecule has 2 heterocycles. The molecule has 0 spiro atoms. The summed E-state index contributed by atoms with van der Waals surface area (Å²) in [5, 5.41) is 6.35. The summed E-state index contributed by atoms with van der Waals surface area (Å²) in [7, 11) is 3.23. The fourth-order valence-electron chi connectivity index (χ4n) is 4.77. The van der Waals surface area contributed by atoms with Gasteiger partial charge >= 0.3 is 0 Å². The Morgan fingerprint density at radius 3 is 2.51 bits per heavy atom. The molecule has 204 valence electrons. The normalized spacial score (nSPS) is 14.9. The molecule has 2 N–H and O–H groups in total.